The van der Waals surface area contributed by atoms with E-state index in [2.05, 4.69) is 0 Å². The van der Waals surface area contributed by atoms with E-state index in [1.807, 2.05) is 13.8 Å². The van der Waals surface area contributed by atoms with Crippen molar-refractivity contribution in [2.24, 2.45) is 17.0 Å². The van der Waals surface area contributed by atoms with Crippen LogP contribution >= 0.6 is 0 Å². The fourth-order valence-electron chi connectivity index (χ4n) is 1.64. The SMILES string of the molecule is Cc1cc(OCC(CS(N)(=O)=O)C(C)C)ccc1F. The van der Waals surface area contributed by atoms with Gasteiger partial charge in [0, 0.05) is 5.92 Å². The number of sulfonamides is 1. The van der Waals surface area contributed by atoms with Gasteiger partial charge in [0.05, 0.1) is 12.4 Å². The second-order valence-electron chi connectivity index (χ2n) is 5.06. The number of rotatable bonds is 6. The van der Waals surface area contributed by atoms with E-state index in [-0.39, 0.29) is 30.0 Å². The van der Waals surface area contributed by atoms with Crippen LogP contribution in [-0.4, -0.2) is 20.8 Å². The van der Waals surface area contributed by atoms with Crippen LogP contribution in [0.4, 0.5) is 4.39 Å². The number of aryl methyl sites for hydroxylation is 1. The lowest BCUT2D eigenvalue weighted by Gasteiger charge is -2.20. The highest BCUT2D eigenvalue weighted by atomic mass is 32.2. The molecule has 0 aliphatic heterocycles. The summed E-state index contributed by atoms with van der Waals surface area (Å²) in [5, 5.41) is 5.05. The second kappa shape index (κ2) is 6.34. The Morgan fingerprint density at radius 1 is 1.37 bits per heavy atom. The minimum Gasteiger partial charge on any atom is -0.493 e. The van der Waals surface area contributed by atoms with Gasteiger partial charge in [0.1, 0.15) is 11.6 Å². The zero-order chi connectivity index (χ0) is 14.6. The van der Waals surface area contributed by atoms with Crippen molar-refractivity contribution in [2.75, 3.05) is 12.4 Å². The van der Waals surface area contributed by atoms with Crippen molar-refractivity contribution in [3.8, 4) is 5.75 Å². The molecule has 1 atom stereocenters. The van der Waals surface area contributed by atoms with Crippen molar-refractivity contribution in [2.45, 2.75) is 20.8 Å². The van der Waals surface area contributed by atoms with Crippen molar-refractivity contribution < 1.29 is 17.5 Å². The van der Waals surface area contributed by atoms with E-state index in [1.165, 1.54) is 12.1 Å². The molecule has 0 heterocycles. The van der Waals surface area contributed by atoms with Crippen LogP contribution in [0.1, 0.15) is 19.4 Å². The van der Waals surface area contributed by atoms with E-state index in [0.717, 1.165) is 0 Å². The van der Waals surface area contributed by atoms with Gasteiger partial charge in [-0.05, 0) is 36.6 Å². The van der Waals surface area contributed by atoms with Gasteiger partial charge in [-0.1, -0.05) is 13.8 Å². The van der Waals surface area contributed by atoms with Gasteiger partial charge >= 0.3 is 0 Å². The van der Waals surface area contributed by atoms with Gasteiger partial charge in [0.15, 0.2) is 0 Å². The first-order valence-corrected chi connectivity index (χ1v) is 7.80. The van der Waals surface area contributed by atoms with Crippen molar-refractivity contribution in [1.29, 1.82) is 0 Å². The van der Waals surface area contributed by atoms with Gasteiger partial charge in [-0.2, -0.15) is 0 Å². The molecule has 6 heteroatoms. The third-order valence-electron chi connectivity index (χ3n) is 2.98. The number of hydrogen-bond acceptors (Lipinski definition) is 3. The second-order valence-corrected chi connectivity index (χ2v) is 6.71. The average molecular weight is 289 g/mol. The Balaban J connectivity index is 2.68. The summed E-state index contributed by atoms with van der Waals surface area (Å²) in [6.07, 6.45) is 0. The lowest BCUT2D eigenvalue weighted by Crippen LogP contribution is -2.30. The fraction of sp³-hybridized carbons (Fsp3) is 0.538. The van der Waals surface area contributed by atoms with Crippen molar-refractivity contribution in [3.63, 3.8) is 0 Å². The van der Waals surface area contributed by atoms with Gasteiger partial charge in [0.2, 0.25) is 10.0 Å². The summed E-state index contributed by atoms with van der Waals surface area (Å²) in [4.78, 5) is 0. The molecule has 1 aromatic carbocycles. The molecule has 1 rings (SSSR count). The maximum Gasteiger partial charge on any atom is 0.209 e. The number of primary sulfonamides is 1. The van der Waals surface area contributed by atoms with Gasteiger partial charge < -0.3 is 4.74 Å². The summed E-state index contributed by atoms with van der Waals surface area (Å²) in [5.41, 5.74) is 0.491. The van der Waals surface area contributed by atoms with Crippen LogP contribution in [0.3, 0.4) is 0 Å². The summed E-state index contributed by atoms with van der Waals surface area (Å²) in [6, 6.07) is 4.44. The number of halogens is 1. The Morgan fingerprint density at radius 3 is 2.47 bits per heavy atom. The molecule has 0 saturated heterocycles. The molecule has 0 radical (unpaired) electrons. The fourth-order valence-corrected chi connectivity index (χ4v) is 2.72. The largest absolute Gasteiger partial charge is 0.493 e. The summed E-state index contributed by atoms with van der Waals surface area (Å²) in [5.74, 6) is 0.0432. The van der Waals surface area contributed by atoms with E-state index >= 15 is 0 Å². The smallest absolute Gasteiger partial charge is 0.209 e. The maximum atomic E-state index is 13.1. The van der Waals surface area contributed by atoms with Crippen LogP contribution in [0.5, 0.6) is 5.75 Å². The van der Waals surface area contributed by atoms with E-state index < -0.39 is 10.0 Å². The highest BCUT2D eigenvalue weighted by Gasteiger charge is 2.20. The quantitative estimate of drug-likeness (QED) is 0.871. The highest BCUT2D eigenvalue weighted by molar-refractivity contribution is 7.89. The standard InChI is InChI=1S/C13H20FNO3S/c1-9(2)11(8-19(15,16)17)7-18-12-4-5-13(14)10(3)6-12/h4-6,9,11H,7-8H2,1-3H3,(H2,15,16,17). The zero-order valence-corrected chi connectivity index (χ0v) is 12.2. The number of hydrogen-bond donors (Lipinski definition) is 1. The number of benzene rings is 1. The number of ether oxygens (including phenoxy) is 1. The molecule has 108 valence electrons. The molecule has 0 bridgehead atoms. The van der Waals surface area contributed by atoms with Crippen molar-refractivity contribution >= 4 is 10.0 Å². The van der Waals surface area contributed by atoms with E-state index in [9.17, 15) is 12.8 Å². The van der Waals surface area contributed by atoms with Crippen LogP contribution in [0.2, 0.25) is 0 Å². The van der Waals surface area contributed by atoms with Gasteiger partial charge in [-0.15, -0.1) is 0 Å². The summed E-state index contributed by atoms with van der Waals surface area (Å²) >= 11 is 0. The maximum absolute atomic E-state index is 13.1. The monoisotopic (exact) mass is 289 g/mol. The first-order valence-electron chi connectivity index (χ1n) is 6.08. The van der Waals surface area contributed by atoms with Crippen LogP contribution in [0.15, 0.2) is 18.2 Å². The van der Waals surface area contributed by atoms with Crippen molar-refractivity contribution in [1.82, 2.24) is 0 Å². The van der Waals surface area contributed by atoms with Crippen LogP contribution in [0.25, 0.3) is 0 Å². The summed E-state index contributed by atoms with van der Waals surface area (Å²) in [7, 11) is -3.53. The topological polar surface area (TPSA) is 69.4 Å². The Bertz CT molecular complexity index is 529. The van der Waals surface area contributed by atoms with Crippen LogP contribution in [-0.2, 0) is 10.0 Å². The molecule has 0 saturated carbocycles. The van der Waals surface area contributed by atoms with Gasteiger partial charge in [0.25, 0.3) is 0 Å². The molecule has 1 unspecified atom stereocenters. The Hall–Kier alpha value is -1.14. The summed E-state index contributed by atoms with van der Waals surface area (Å²) < 4.78 is 40.9. The average Bonchev–Trinajstić information content (AvgIpc) is 2.27. The van der Waals surface area contributed by atoms with Crippen LogP contribution < -0.4 is 9.88 Å². The van der Waals surface area contributed by atoms with Crippen molar-refractivity contribution in [3.05, 3.63) is 29.6 Å². The predicted molar refractivity (Wildman–Crippen MR) is 72.9 cm³/mol. The lowest BCUT2D eigenvalue weighted by molar-refractivity contribution is 0.224. The van der Waals surface area contributed by atoms with E-state index in [4.69, 9.17) is 9.88 Å². The Morgan fingerprint density at radius 2 is 2.00 bits per heavy atom. The molecule has 2 N–H and O–H groups in total. The zero-order valence-electron chi connectivity index (χ0n) is 11.4. The molecular weight excluding hydrogens is 269 g/mol. The lowest BCUT2D eigenvalue weighted by atomic mass is 9.99. The molecule has 0 fully saturated rings. The van der Waals surface area contributed by atoms with Gasteiger partial charge in [-0.3, -0.25) is 0 Å². The van der Waals surface area contributed by atoms with Gasteiger partial charge in [-0.25, -0.2) is 17.9 Å². The highest BCUT2D eigenvalue weighted by Crippen LogP contribution is 2.19. The molecule has 0 aromatic heterocycles. The predicted octanol–water partition coefficient (Wildman–Crippen LogP) is 2.07. The third-order valence-corrected chi connectivity index (χ3v) is 3.88. The van der Waals surface area contributed by atoms with Crippen LogP contribution in [0, 0.1) is 24.6 Å². The minimum atomic E-state index is -3.53. The molecule has 4 nitrogen and oxygen atoms in total. The summed E-state index contributed by atoms with van der Waals surface area (Å²) in [6.45, 7) is 5.70. The molecule has 0 aliphatic carbocycles. The first-order chi connectivity index (χ1) is 8.69. The molecule has 0 spiro atoms. The minimum absolute atomic E-state index is 0.120. The molecule has 0 amide bonds. The van der Waals surface area contributed by atoms with E-state index in [1.54, 1.807) is 13.0 Å². The third kappa shape index (κ3) is 5.57. The normalized spacial score (nSPS) is 13.6. The molecule has 1 aromatic rings. The Labute approximate surface area is 113 Å². The molecule has 19 heavy (non-hydrogen) atoms. The Kier molecular flexibility index (Phi) is 5.31. The molecule has 0 aliphatic rings. The molecular formula is C13H20FNO3S. The first kappa shape index (κ1) is 15.9. The number of nitrogens with two attached hydrogens (primary N) is 1. The van der Waals surface area contributed by atoms with E-state index in [0.29, 0.717) is 11.3 Å².